The van der Waals surface area contributed by atoms with Gasteiger partial charge in [0.1, 0.15) is 5.75 Å². The van der Waals surface area contributed by atoms with Crippen molar-refractivity contribution in [3.05, 3.63) is 54.6 Å². The largest absolute Gasteiger partial charge is 0.497 e. The van der Waals surface area contributed by atoms with Crippen molar-refractivity contribution < 1.29 is 14.3 Å². The third kappa shape index (κ3) is 5.13. The molecule has 0 spiro atoms. The van der Waals surface area contributed by atoms with Gasteiger partial charge in [0.25, 0.3) is 0 Å². The Bertz CT molecular complexity index is 774. The van der Waals surface area contributed by atoms with Crippen molar-refractivity contribution in [1.29, 1.82) is 0 Å². The van der Waals surface area contributed by atoms with E-state index in [0.29, 0.717) is 24.5 Å². The second kappa shape index (κ2) is 8.93. The Morgan fingerprint density at radius 1 is 1.00 bits per heavy atom. The molecule has 2 N–H and O–H groups in total. The van der Waals surface area contributed by atoms with E-state index in [0.717, 1.165) is 13.1 Å². The summed E-state index contributed by atoms with van der Waals surface area (Å²) in [6.07, 6.45) is 0. The molecule has 2 aromatic rings. The lowest BCUT2D eigenvalue weighted by Crippen LogP contribution is -2.51. The van der Waals surface area contributed by atoms with E-state index >= 15 is 0 Å². The van der Waals surface area contributed by atoms with Crippen molar-refractivity contribution in [3.63, 3.8) is 0 Å². The highest BCUT2D eigenvalue weighted by Crippen LogP contribution is 2.17. The highest BCUT2D eigenvalue weighted by Gasteiger charge is 2.21. The summed E-state index contributed by atoms with van der Waals surface area (Å²) in [5.74, 6) is 0.573. The van der Waals surface area contributed by atoms with Crippen LogP contribution in [0.15, 0.2) is 54.6 Å². The first kappa shape index (κ1) is 18.6. The molecule has 1 aliphatic rings. The number of benzene rings is 2. The molecule has 7 nitrogen and oxygen atoms in total. The van der Waals surface area contributed by atoms with Gasteiger partial charge in [-0.25, -0.2) is 4.79 Å². The average Bonchev–Trinajstić information content (AvgIpc) is 2.73. The molecule has 0 saturated carbocycles. The van der Waals surface area contributed by atoms with Crippen LogP contribution in [0.3, 0.4) is 0 Å². The number of anilines is 2. The summed E-state index contributed by atoms with van der Waals surface area (Å²) in [6.45, 7) is 2.83. The number of nitrogens with zero attached hydrogens (tertiary/aromatic N) is 2. The zero-order chi connectivity index (χ0) is 19.1. The Kier molecular flexibility index (Phi) is 6.14. The summed E-state index contributed by atoms with van der Waals surface area (Å²) in [6, 6.07) is 16.8. The number of rotatable bonds is 5. The standard InChI is InChI=1S/C20H24N4O3/c1-27-18-9-5-6-16(14-18)22-20(26)21-15-19(25)24-12-10-23(11-13-24)17-7-3-2-4-8-17/h2-9,14H,10-13,15H2,1H3,(H2,21,22,26). The van der Waals surface area contributed by atoms with E-state index in [2.05, 4.69) is 27.7 Å². The first-order chi connectivity index (χ1) is 13.2. The second-order valence-electron chi connectivity index (χ2n) is 6.24. The van der Waals surface area contributed by atoms with Gasteiger partial charge >= 0.3 is 6.03 Å². The molecule has 1 aliphatic heterocycles. The van der Waals surface area contributed by atoms with Crippen LogP contribution in [0.2, 0.25) is 0 Å². The fraction of sp³-hybridized carbons (Fsp3) is 0.300. The molecule has 0 radical (unpaired) electrons. The Balaban J connectivity index is 1.42. The van der Waals surface area contributed by atoms with E-state index in [9.17, 15) is 9.59 Å². The van der Waals surface area contributed by atoms with E-state index in [1.54, 1.807) is 36.3 Å². The third-order valence-electron chi connectivity index (χ3n) is 4.48. The number of methoxy groups -OCH3 is 1. The molecule has 2 aromatic carbocycles. The number of hydrogen-bond donors (Lipinski definition) is 2. The zero-order valence-corrected chi connectivity index (χ0v) is 15.4. The predicted molar refractivity (Wildman–Crippen MR) is 105 cm³/mol. The van der Waals surface area contributed by atoms with E-state index < -0.39 is 6.03 Å². The number of carbonyl (C=O) groups is 2. The molecule has 0 bridgehead atoms. The number of hydrogen-bond acceptors (Lipinski definition) is 4. The predicted octanol–water partition coefficient (Wildman–Crippen LogP) is 2.17. The molecule has 27 heavy (non-hydrogen) atoms. The van der Waals surface area contributed by atoms with Gasteiger partial charge < -0.3 is 25.2 Å². The average molecular weight is 368 g/mol. The molecular weight excluding hydrogens is 344 g/mol. The van der Waals surface area contributed by atoms with Gasteiger partial charge in [-0.3, -0.25) is 4.79 Å². The molecule has 3 amide bonds. The van der Waals surface area contributed by atoms with E-state index in [-0.39, 0.29) is 12.5 Å². The van der Waals surface area contributed by atoms with Crippen LogP contribution in [0.25, 0.3) is 0 Å². The third-order valence-corrected chi connectivity index (χ3v) is 4.48. The lowest BCUT2D eigenvalue weighted by Gasteiger charge is -2.36. The Morgan fingerprint density at radius 2 is 1.74 bits per heavy atom. The number of urea groups is 1. The number of amides is 3. The fourth-order valence-corrected chi connectivity index (χ4v) is 3.00. The summed E-state index contributed by atoms with van der Waals surface area (Å²) < 4.78 is 5.12. The Morgan fingerprint density at radius 3 is 2.44 bits per heavy atom. The summed E-state index contributed by atoms with van der Waals surface area (Å²) >= 11 is 0. The second-order valence-corrected chi connectivity index (χ2v) is 6.24. The minimum Gasteiger partial charge on any atom is -0.497 e. The molecule has 1 fully saturated rings. The SMILES string of the molecule is COc1cccc(NC(=O)NCC(=O)N2CCN(c3ccccc3)CC2)c1. The molecular formula is C20H24N4O3. The zero-order valence-electron chi connectivity index (χ0n) is 15.4. The van der Waals surface area contributed by atoms with Crippen LogP contribution < -0.4 is 20.3 Å². The van der Waals surface area contributed by atoms with Crippen LogP contribution in [0, 0.1) is 0 Å². The lowest BCUT2D eigenvalue weighted by molar-refractivity contribution is -0.130. The van der Waals surface area contributed by atoms with E-state index in [4.69, 9.17) is 4.74 Å². The molecule has 142 valence electrons. The number of ether oxygens (including phenoxy) is 1. The first-order valence-electron chi connectivity index (χ1n) is 8.92. The van der Waals surface area contributed by atoms with Gasteiger partial charge in [0.15, 0.2) is 0 Å². The Labute approximate surface area is 158 Å². The van der Waals surface area contributed by atoms with Gasteiger partial charge in [-0.2, -0.15) is 0 Å². The van der Waals surface area contributed by atoms with E-state index in [1.165, 1.54) is 5.69 Å². The smallest absolute Gasteiger partial charge is 0.319 e. The minimum atomic E-state index is -0.417. The van der Waals surface area contributed by atoms with Crippen molar-refractivity contribution in [2.24, 2.45) is 0 Å². The maximum atomic E-state index is 12.3. The quantitative estimate of drug-likeness (QED) is 0.848. The molecule has 3 rings (SSSR count). The highest BCUT2D eigenvalue weighted by molar-refractivity contribution is 5.92. The van der Waals surface area contributed by atoms with Crippen molar-refractivity contribution in [2.75, 3.05) is 50.1 Å². The fourth-order valence-electron chi connectivity index (χ4n) is 3.00. The summed E-state index contributed by atoms with van der Waals surface area (Å²) in [5.41, 5.74) is 1.77. The Hall–Kier alpha value is -3.22. The maximum absolute atomic E-state index is 12.3. The topological polar surface area (TPSA) is 73.9 Å². The van der Waals surface area contributed by atoms with Crippen LogP contribution >= 0.6 is 0 Å². The molecule has 0 unspecified atom stereocenters. The maximum Gasteiger partial charge on any atom is 0.319 e. The monoisotopic (exact) mass is 368 g/mol. The normalized spacial score (nSPS) is 13.8. The molecule has 1 saturated heterocycles. The van der Waals surface area contributed by atoms with Gasteiger partial charge in [0, 0.05) is 43.6 Å². The molecule has 7 heteroatoms. The van der Waals surface area contributed by atoms with Crippen molar-refractivity contribution in [1.82, 2.24) is 10.2 Å². The lowest BCUT2D eigenvalue weighted by atomic mass is 10.2. The highest BCUT2D eigenvalue weighted by atomic mass is 16.5. The van der Waals surface area contributed by atoms with Crippen LogP contribution in [0.4, 0.5) is 16.2 Å². The number of piperazine rings is 1. The first-order valence-corrected chi connectivity index (χ1v) is 8.92. The molecule has 0 atom stereocenters. The van der Waals surface area contributed by atoms with Crippen LogP contribution in [0.1, 0.15) is 0 Å². The summed E-state index contributed by atoms with van der Waals surface area (Å²) in [4.78, 5) is 28.4. The van der Waals surface area contributed by atoms with Crippen molar-refractivity contribution in [3.8, 4) is 5.75 Å². The minimum absolute atomic E-state index is 0.0266. The van der Waals surface area contributed by atoms with Gasteiger partial charge in [-0.15, -0.1) is 0 Å². The van der Waals surface area contributed by atoms with Gasteiger partial charge in [0.05, 0.1) is 13.7 Å². The van der Waals surface area contributed by atoms with E-state index in [1.807, 2.05) is 18.2 Å². The summed E-state index contributed by atoms with van der Waals surface area (Å²) in [7, 11) is 1.56. The number of para-hydroxylation sites is 1. The molecule has 0 aliphatic carbocycles. The van der Waals surface area contributed by atoms with Gasteiger partial charge in [-0.05, 0) is 24.3 Å². The number of carbonyl (C=O) groups excluding carboxylic acids is 2. The molecule has 1 heterocycles. The van der Waals surface area contributed by atoms with Crippen LogP contribution in [0.5, 0.6) is 5.75 Å². The van der Waals surface area contributed by atoms with Crippen LogP contribution in [-0.2, 0) is 4.79 Å². The number of nitrogens with one attached hydrogen (secondary N) is 2. The molecule has 0 aromatic heterocycles. The van der Waals surface area contributed by atoms with Crippen LogP contribution in [-0.4, -0.2) is 56.7 Å². The van der Waals surface area contributed by atoms with Crippen molar-refractivity contribution >= 4 is 23.3 Å². The van der Waals surface area contributed by atoms with Crippen molar-refractivity contribution in [2.45, 2.75) is 0 Å². The van der Waals surface area contributed by atoms with Gasteiger partial charge in [0.2, 0.25) is 5.91 Å². The van der Waals surface area contributed by atoms with Gasteiger partial charge in [-0.1, -0.05) is 24.3 Å². The summed E-state index contributed by atoms with van der Waals surface area (Å²) in [5, 5.41) is 5.31.